The van der Waals surface area contributed by atoms with Gasteiger partial charge < -0.3 is 0 Å². The van der Waals surface area contributed by atoms with Gasteiger partial charge in [0.05, 0.1) is 15.1 Å². The van der Waals surface area contributed by atoms with Gasteiger partial charge in [-0.1, -0.05) is 46.9 Å². The number of hydrogen-bond donors (Lipinski definition) is 0. The molecule has 1 aliphatic carbocycles. The van der Waals surface area contributed by atoms with Crippen LogP contribution in [0.1, 0.15) is 39.9 Å². The van der Waals surface area contributed by atoms with E-state index >= 15 is 0 Å². The third-order valence-electron chi connectivity index (χ3n) is 5.36. The van der Waals surface area contributed by atoms with Gasteiger partial charge in [-0.25, -0.2) is 0 Å². The van der Waals surface area contributed by atoms with Gasteiger partial charge in [0.15, 0.2) is 11.2 Å². The van der Waals surface area contributed by atoms with Crippen molar-refractivity contribution in [3.63, 3.8) is 0 Å². The second-order valence-corrected chi connectivity index (χ2v) is 8.45. The van der Waals surface area contributed by atoms with E-state index in [0.29, 0.717) is 0 Å². The van der Waals surface area contributed by atoms with Gasteiger partial charge in [-0.05, 0) is 54.2 Å². The van der Waals surface area contributed by atoms with Gasteiger partial charge in [-0.2, -0.15) is 13.2 Å². The minimum atomic E-state index is -5.13. The van der Waals surface area contributed by atoms with Gasteiger partial charge in [0, 0.05) is 16.9 Å². The number of ketones is 1. The van der Waals surface area contributed by atoms with E-state index in [1.807, 2.05) is 0 Å². The molecule has 0 saturated heterocycles. The summed E-state index contributed by atoms with van der Waals surface area (Å²) in [5.74, 6) is -0.855. The van der Waals surface area contributed by atoms with Crippen LogP contribution < -0.4 is 0 Å². The molecular formula is C20H15Cl3F3NO3. The number of alkyl halides is 3. The molecule has 0 bridgehead atoms. The summed E-state index contributed by atoms with van der Waals surface area (Å²) in [5, 5.41) is 10.5. The summed E-state index contributed by atoms with van der Waals surface area (Å²) in [6.07, 6.45) is -3.81. The molecule has 0 saturated carbocycles. The molecular weight excluding hydrogens is 466 g/mol. The number of Topliss-reactive ketones (excluding diaryl/α,β-unsaturated/α-hetero) is 1. The van der Waals surface area contributed by atoms with Gasteiger partial charge in [0.2, 0.25) is 6.54 Å². The van der Waals surface area contributed by atoms with Crippen molar-refractivity contribution in [1.29, 1.82) is 0 Å². The number of nitrogens with zero attached hydrogens (tertiary/aromatic N) is 1. The molecule has 4 nitrogen and oxygen atoms in total. The molecule has 1 atom stereocenters. The molecule has 10 heteroatoms. The van der Waals surface area contributed by atoms with E-state index in [9.17, 15) is 28.1 Å². The SMILES string of the molecule is O=C(CC(C[N+](=O)[O-])(c1cc(Cl)c(Cl)c(Cl)c1)C(F)(F)F)c1ccc2c(c1)CCC2. The number of nitro groups is 1. The Morgan fingerprint density at radius 1 is 1.03 bits per heavy atom. The van der Waals surface area contributed by atoms with Crippen LogP contribution in [0.25, 0.3) is 0 Å². The molecule has 3 rings (SSSR count). The fourth-order valence-electron chi connectivity index (χ4n) is 3.78. The van der Waals surface area contributed by atoms with Crippen molar-refractivity contribution < 1.29 is 22.9 Å². The molecule has 0 radical (unpaired) electrons. The topological polar surface area (TPSA) is 60.2 Å². The van der Waals surface area contributed by atoms with Crippen molar-refractivity contribution in [3.05, 3.63) is 77.8 Å². The first-order chi connectivity index (χ1) is 13.9. The van der Waals surface area contributed by atoms with Crippen molar-refractivity contribution in [2.24, 2.45) is 0 Å². The quantitative estimate of drug-likeness (QED) is 0.206. The summed E-state index contributed by atoms with van der Waals surface area (Å²) < 4.78 is 42.9. The zero-order chi connectivity index (χ0) is 22.3. The van der Waals surface area contributed by atoms with E-state index in [1.165, 1.54) is 6.07 Å². The largest absolute Gasteiger partial charge is 0.405 e. The number of aryl methyl sites for hydroxylation is 2. The molecule has 2 aromatic rings. The van der Waals surface area contributed by atoms with E-state index in [1.54, 1.807) is 12.1 Å². The highest BCUT2D eigenvalue weighted by Crippen LogP contribution is 2.47. The first kappa shape index (κ1) is 22.8. The van der Waals surface area contributed by atoms with Crippen molar-refractivity contribution in [3.8, 4) is 0 Å². The maximum Gasteiger partial charge on any atom is 0.405 e. The highest BCUT2D eigenvalue weighted by Gasteiger charge is 2.60. The van der Waals surface area contributed by atoms with Crippen molar-refractivity contribution in [1.82, 2.24) is 0 Å². The van der Waals surface area contributed by atoms with Gasteiger partial charge in [0.25, 0.3) is 0 Å². The molecule has 2 aromatic carbocycles. The molecule has 30 heavy (non-hydrogen) atoms. The van der Waals surface area contributed by atoms with Crippen molar-refractivity contribution in [2.75, 3.05) is 6.54 Å². The van der Waals surface area contributed by atoms with Gasteiger partial charge in [0.1, 0.15) is 0 Å². The summed E-state index contributed by atoms with van der Waals surface area (Å²) in [7, 11) is 0. The second kappa shape index (κ2) is 8.36. The summed E-state index contributed by atoms with van der Waals surface area (Å²) in [5.41, 5.74) is -1.66. The van der Waals surface area contributed by atoms with E-state index in [2.05, 4.69) is 0 Å². The number of halogens is 6. The molecule has 1 aliphatic rings. The molecule has 0 heterocycles. The number of hydrogen-bond acceptors (Lipinski definition) is 3. The predicted octanol–water partition coefficient (Wildman–Crippen LogP) is 6.49. The van der Waals surface area contributed by atoms with Gasteiger partial charge >= 0.3 is 6.18 Å². The second-order valence-electron chi connectivity index (χ2n) is 7.26. The average molecular weight is 481 g/mol. The molecule has 1 unspecified atom stereocenters. The number of carbonyl (C=O) groups excluding carboxylic acids is 1. The lowest BCUT2D eigenvalue weighted by atomic mass is 9.74. The highest BCUT2D eigenvalue weighted by atomic mass is 35.5. The Hall–Kier alpha value is -1.83. The van der Waals surface area contributed by atoms with E-state index in [-0.39, 0.29) is 20.6 Å². The molecule has 0 fully saturated rings. The smallest absolute Gasteiger partial charge is 0.294 e. The van der Waals surface area contributed by atoms with Crippen LogP contribution in [-0.4, -0.2) is 23.4 Å². The van der Waals surface area contributed by atoms with Crippen LogP contribution in [0.15, 0.2) is 30.3 Å². The van der Waals surface area contributed by atoms with Crippen LogP contribution in [0, 0.1) is 10.1 Å². The van der Waals surface area contributed by atoms with E-state index in [4.69, 9.17) is 34.8 Å². The maximum atomic E-state index is 14.3. The molecule has 0 amide bonds. The van der Waals surface area contributed by atoms with E-state index < -0.39 is 40.8 Å². The fraction of sp³-hybridized carbons (Fsp3) is 0.350. The first-order valence-corrected chi connectivity index (χ1v) is 10.1. The predicted molar refractivity (Wildman–Crippen MR) is 108 cm³/mol. The normalized spacial score (nSPS) is 15.5. The molecule has 0 aromatic heterocycles. The number of carbonyl (C=O) groups is 1. The van der Waals surface area contributed by atoms with Gasteiger partial charge in [-0.3, -0.25) is 14.9 Å². The highest BCUT2D eigenvalue weighted by molar-refractivity contribution is 6.48. The van der Waals surface area contributed by atoms with Crippen LogP contribution in [-0.2, 0) is 18.3 Å². The Labute approximate surface area is 185 Å². The Morgan fingerprint density at radius 3 is 2.20 bits per heavy atom. The minimum Gasteiger partial charge on any atom is -0.294 e. The molecule has 0 aliphatic heterocycles. The lowest BCUT2D eigenvalue weighted by Crippen LogP contribution is -2.49. The summed E-state index contributed by atoms with van der Waals surface area (Å²) in [6, 6.07) is 6.50. The van der Waals surface area contributed by atoms with Crippen LogP contribution >= 0.6 is 34.8 Å². The van der Waals surface area contributed by atoms with Crippen LogP contribution in [0.3, 0.4) is 0 Å². The molecule has 0 spiro atoms. The van der Waals surface area contributed by atoms with Gasteiger partial charge in [-0.15, -0.1) is 0 Å². The Kier molecular flexibility index (Phi) is 6.37. The minimum absolute atomic E-state index is 0.0822. The first-order valence-electron chi connectivity index (χ1n) is 8.93. The van der Waals surface area contributed by atoms with Crippen LogP contribution in [0.2, 0.25) is 15.1 Å². The van der Waals surface area contributed by atoms with Crippen LogP contribution in [0.4, 0.5) is 13.2 Å². The zero-order valence-corrected chi connectivity index (χ0v) is 17.6. The van der Waals surface area contributed by atoms with Crippen LogP contribution in [0.5, 0.6) is 0 Å². The van der Waals surface area contributed by atoms with Crippen molar-refractivity contribution in [2.45, 2.75) is 37.3 Å². The fourth-order valence-corrected chi connectivity index (χ4v) is 4.37. The Morgan fingerprint density at radius 2 is 1.63 bits per heavy atom. The van der Waals surface area contributed by atoms with Crippen molar-refractivity contribution >= 4 is 40.6 Å². The average Bonchev–Trinajstić information content (AvgIpc) is 3.11. The standard InChI is InChI=1S/C20H15Cl3F3NO3/c21-15-7-14(8-16(22)18(15)23)19(10-27(29)30,20(24,25)26)9-17(28)13-5-4-11-2-1-3-12(11)6-13/h4-8H,1-3,9-10H2. The lowest BCUT2D eigenvalue weighted by Gasteiger charge is -2.32. The summed E-state index contributed by atoms with van der Waals surface area (Å²) >= 11 is 17.6. The van der Waals surface area contributed by atoms with E-state index in [0.717, 1.165) is 42.5 Å². The molecule has 160 valence electrons. The summed E-state index contributed by atoms with van der Waals surface area (Å²) in [6.45, 7) is -1.55. The molecule has 0 N–H and O–H groups in total. The third-order valence-corrected chi connectivity index (χ3v) is 6.56. The lowest BCUT2D eigenvalue weighted by molar-refractivity contribution is -0.501. The maximum absolute atomic E-state index is 14.3. The Bertz CT molecular complexity index is 1000. The monoisotopic (exact) mass is 479 g/mol. The zero-order valence-electron chi connectivity index (χ0n) is 15.4. The Balaban J connectivity index is 2.11. The number of fused-ring (bicyclic) bond motifs is 1. The number of rotatable bonds is 6. The third kappa shape index (κ3) is 4.29. The summed E-state index contributed by atoms with van der Waals surface area (Å²) in [4.78, 5) is 23.0. The number of benzene rings is 2.